The summed E-state index contributed by atoms with van der Waals surface area (Å²) in [6.45, 7) is 8.85. The molecule has 2 aliphatic rings. The van der Waals surface area contributed by atoms with Crippen LogP contribution in [0.4, 0.5) is 0 Å². The highest BCUT2D eigenvalue weighted by Crippen LogP contribution is 2.43. The number of hydrogen-bond acceptors (Lipinski definition) is 2. The smallest absolute Gasteiger partial charge is 0.226 e. The quantitative estimate of drug-likeness (QED) is 0.815. The molecule has 0 aromatic carbocycles. The summed E-state index contributed by atoms with van der Waals surface area (Å²) in [5, 5.41) is 6.81. The summed E-state index contributed by atoms with van der Waals surface area (Å²) in [4.78, 5) is 12.8. The lowest BCUT2D eigenvalue weighted by Gasteiger charge is -2.34. The summed E-state index contributed by atoms with van der Waals surface area (Å²) in [6.07, 6.45) is 8.15. The molecule has 124 valence electrons. The Labute approximate surface area is 136 Å². The molecule has 2 atom stereocenters. The van der Waals surface area contributed by atoms with Gasteiger partial charge in [0, 0.05) is 11.5 Å². The molecule has 0 bridgehead atoms. The van der Waals surface area contributed by atoms with Crippen LogP contribution >= 0.6 is 12.4 Å². The average Bonchev–Trinajstić information content (AvgIpc) is 2.88. The Morgan fingerprint density at radius 2 is 1.90 bits per heavy atom. The standard InChI is InChI=1S/C17H32N2O.ClH/c1-13(2)11-17(8-4-5-9-17)16(20)19-14(3)15-7-6-10-18-12-15;/h13-15,18H,4-12H2,1-3H3,(H,19,20);1H. The summed E-state index contributed by atoms with van der Waals surface area (Å²) in [5.74, 6) is 1.54. The van der Waals surface area contributed by atoms with E-state index in [1.54, 1.807) is 0 Å². The van der Waals surface area contributed by atoms with E-state index in [1.165, 1.54) is 25.7 Å². The largest absolute Gasteiger partial charge is 0.353 e. The summed E-state index contributed by atoms with van der Waals surface area (Å²) in [7, 11) is 0. The van der Waals surface area contributed by atoms with Crippen molar-refractivity contribution in [3.63, 3.8) is 0 Å². The molecule has 0 radical (unpaired) electrons. The van der Waals surface area contributed by atoms with E-state index in [2.05, 4.69) is 31.4 Å². The highest BCUT2D eigenvalue weighted by atomic mass is 35.5. The molecule has 4 heteroatoms. The normalized spacial score (nSPS) is 26.2. The number of nitrogens with one attached hydrogen (secondary N) is 2. The van der Waals surface area contributed by atoms with Gasteiger partial charge in [0.05, 0.1) is 0 Å². The van der Waals surface area contributed by atoms with Crippen LogP contribution in [0.15, 0.2) is 0 Å². The van der Waals surface area contributed by atoms with Gasteiger partial charge in [0.2, 0.25) is 5.91 Å². The van der Waals surface area contributed by atoms with E-state index >= 15 is 0 Å². The van der Waals surface area contributed by atoms with Crippen LogP contribution in [0.5, 0.6) is 0 Å². The Kier molecular flexibility index (Phi) is 7.49. The Hall–Kier alpha value is -0.280. The van der Waals surface area contributed by atoms with Gasteiger partial charge < -0.3 is 10.6 Å². The number of rotatable bonds is 5. The van der Waals surface area contributed by atoms with Crippen LogP contribution in [0.1, 0.15) is 65.7 Å². The van der Waals surface area contributed by atoms with Gasteiger partial charge in [-0.1, -0.05) is 26.7 Å². The van der Waals surface area contributed by atoms with Crippen molar-refractivity contribution in [2.75, 3.05) is 13.1 Å². The molecule has 1 aliphatic heterocycles. The zero-order chi connectivity index (χ0) is 14.6. The van der Waals surface area contributed by atoms with Crippen LogP contribution in [-0.4, -0.2) is 25.0 Å². The van der Waals surface area contributed by atoms with Crippen molar-refractivity contribution >= 4 is 18.3 Å². The molecule has 21 heavy (non-hydrogen) atoms. The minimum atomic E-state index is -0.0650. The third-order valence-electron chi connectivity index (χ3n) is 5.24. The Balaban J connectivity index is 0.00000220. The fourth-order valence-electron chi connectivity index (χ4n) is 4.14. The first-order valence-electron chi connectivity index (χ1n) is 8.55. The van der Waals surface area contributed by atoms with E-state index in [0.29, 0.717) is 23.8 Å². The lowest BCUT2D eigenvalue weighted by atomic mass is 9.77. The van der Waals surface area contributed by atoms with Crippen LogP contribution in [0.3, 0.4) is 0 Å². The SMILES string of the molecule is CC(C)CC1(C(=O)NC(C)C2CCCNC2)CCCC1.Cl. The van der Waals surface area contributed by atoms with Crippen molar-refractivity contribution in [2.24, 2.45) is 17.3 Å². The maximum Gasteiger partial charge on any atom is 0.226 e. The average molecular weight is 317 g/mol. The molecule has 1 aliphatic carbocycles. The third-order valence-corrected chi connectivity index (χ3v) is 5.24. The highest BCUT2D eigenvalue weighted by Gasteiger charge is 2.42. The van der Waals surface area contributed by atoms with Crippen LogP contribution in [0.2, 0.25) is 0 Å². The molecule has 2 N–H and O–H groups in total. The third kappa shape index (κ3) is 4.85. The number of carbonyl (C=O) groups is 1. The predicted molar refractivity (Wildman–Crippen MR) is 90.8 cm³/mol. The highest BCUT2D eigenvalue weighted by molar-refractivity contribution is 5.85. The van der Waals surface area contributed by atoms with Gasteiger partial charge >= 0.3 is 0 Å². The van der Waals surface area contributed by atoms with Crippen LogP contribution in [-0.2, 0) is 4.79 Å². The Morgan fingerprint density at radius 1 is 1.24 bits per heavy atom. The topological polar surface area (TPSA) is 41.1 Å². The zero-order valence-electron chi connectivity index (χ0n) is 13.9. The summed E-state index contributed by atoms with van der Waals surface area (Å²) in [6, 6.07) is 0.305. The van der Waals surface area contributed by atoms with E-state index in [4.69, 9.17) is 0 Å². The van der Waals surface area contributed by atoms with Crippen molar-refractivity contribution < 1.29 is 4.79 Å². The molecule has 2 unspecified atom stereocenters. The Morgan fingerprint density at radius 3 is 2.43 bits per heavy atom. The maximum absolute atomic E-state index is 12.8. The second-order valence-electron chi connectivity index (χ2n) is 7.45. The van der Waals surface area contributed by atoms with E-state index in [9.17, 15) is 4.79 Å². The zero-order valence-corrected chi connectivity index (χ0v) is 14.7. The van der Waals surface area contributed by atoms with E-state index in [-0.39, 0.29) is 17.8 Å². The van der Waals surface area contributed by atoms with Crippen molar-refractivity contribution in [1.29, 1.82) is 0 Å². The lowest BCUT2D eigenvalue weighted by Crippen LogP contribution is -2.49. The summed E-state index contributed by atoms with van der Waals surface area (Å²) >= 11 is 0. The second kappa shape index (κ2) is 8.38. The number of halogens is 1. The van der Waals surface area contributed by atoms with Crippen LogP contribution in [0.25, 0.3) is 0 Å². The lowest BCUT2D eigenvalue weighted by molar-refractivity contribution is -0.132. The molecule has 0 spiro atoms. The van der Waals surface area contributed by atoms with Gasteiger partial charge in [-0.3, -0.25) is 4.79 Å². The fraction of sp³-hybridized carbons (Fsp3) is 0.941. The van der Waals surface area contributed by atoms with Crippen molar-refractivity contribution in [2.45, 2.75) is 71.8 Å². The maximum atomic E-state index is 12.8. The molecule has 0 aromatic rings. The summed E-state index contributed by atoms with van der Waals surface area (Å²) < 4.78 is 0. The van der Waals surface area contributed by atoms with Gasteiger partial charge in [-0.2, -0.15) is 0 Å². The van der Waals surface area contributed by atoms with Gasteiger partial charge in [-0.15, -0.1) is 12.4 Å². The van der Waals surface area contributed by atoms with Crippen LogP contribution < -0.4 is 10.6 Å². The van der Waals surface area contributed by atoms with Crippen LogP contribution in [0, 0.1) is 17.3 Å². The second-order valence-corrected chi connectivity index (χ2v) is 7.45. The molecule has 1 amide bonds. The summed E-state index contributed by atoms with van der Waals surface area (Å²) in [5.41, 5.74) is -0.0650. The van der Waals surface area contributed by atoms with E-state index in [1.807, 2.05) is 0 Å². The first-order valence-corrected chi connectivity index (χ1v) is 8.55. The molecular formula is C17H33ClN2O. The minimum Gasteiger partial charge on any atom is -0.353 e. The molecule has 3 nitrogen and oxygen atoms in total. The minimum absolute atomic E-state index is 0. The van der Waals surface area contributed by atoms with Gasteiger partial charge in [0.1, 0.15) is 0 Å². The number of carbonyl (C=O) groups excluding carboxylic acids is 1. The Bertz CT molecular complexity index is 321. The van der Waals surface area contributed by atoms with E-state index < -0.39 is 0 Å². The molecule has 2 rings (SSSR count). The van der Waals surface area contributed by atoms with Gasteiger partial charge in [-0.25, -0.2) is 0 Å². The van der Waals surface area contributed by atoms with Gasteiger partial charge in [0.15, 0.2) is 0 Å². The number of hydrogen-bond donors (Lipinski definition) is 2. The molecule has 1 saturated carbocycles. The molecular weight excluding hydrogens is 284 g/mol. The van der Waals surface area contributed by atoms with Gasteiger partial charge in [-0.05, 0) is 64.0 Å². The first-order chi connectivity index (χ1) is 9.53. The number of amides is 1. The molecule has 2 fully saturated rings. The van der Waals surface area contributed by atoms with Crippen molar-refractivity contribution in [3.8, 4) is 0 Å². The molecule has 1 heterocycles. The predicted octanol–water partition coefficient (Wildman–Crippen LogP) is 3.52. The first kappa shape index (κ1) is 18.8. The van der Waals surface area contributed by atoms with Crippen molar-refractivity contribution in [3.05, 3.63) is 0 Å². The molecule has 1 saturated heterocycles. The number of piperidine rings is 1. The monoisotopic (exact) mass is 316 g/mol. The van der Waals surface area contributed by atoms with E-state index in [0.717, 1.165) is 32.4 Å². The van der Waals surface area contributed by atoms with Gasteiger partial charge in [0.25, 0.3) is 0 Å². The fourth-order valence-corrected chi connectivity index (χ4v) is 4.14. The molecule has 0 aromatic heterocycles. The van der Waals surface area contributed by atoms with Crippen molar-refractivity contribution in [1.82, 2.24) is 10.6 Å².